The van der Waals surface area contributed by atoms with E-state index in [4.69, 9.17) is 0 Å². The fraction of sp³-hybridized carbons (Fsp3) is 0.182. The van der Waals surface area contributed by atoms with Gasteiger partial charge in [-0.3, -0.25) is 4.99 Å². The van der Waals surface area contributed by atoms with Gasteiger partial charge in [-0.25, -0.2) is 0 Å². The molecular formula is C22H21N2O2-. The quantitative estimate of drug-likeness (QED) is 0.661. The number of para-hydroxylation sites is 1. The molecule has 26 heavy (non-hydrogen) atoms. The lowest BCUT2D eigenvalue weighted by atomic mass is 10.1. The number of carbonyl (C=O) groups is 1. The van der Waals surface area contributed by atoms with Gasteiger partial charge in [-0.05, 0) is 55.7 Å². The first-order valence-electron chi connectivity index (χ1n) is 8.64. The van der Waals surface area contributed by atoms with Crippen molar-refractivity contribution in [2.24, 2.45) is 4.99 Å². The molecule has 1 aromatic heterocycles. The van der Waals surface area contributed by atoms with E-state index in [1.165, 1.54) is 23.4 Å². The predicted molar refractivity (Wildman–Crippen MR) is 103 cm³/mol. The molecule has 0 unspecified atom stereocenters. The van der Waals surface area contributed by atoms with Crippen LogP contribution in [-0.4, -0.2) is 16.8 Å². The zero-order valence-corrected chi connectivity index (χ0v) is 15.2. The fourth-order valence-corrected chi connectivity index (χ4v) is 3.14. The second kappa shape index (κ2) is 7.40. The molecule has 0 aliphatic rings. The third kappa shape index (κ3) is 3.45. The maximum Gasteiger partial charge on any atom is 0.0715 e. The highest BCUT2D eigenvalue weighted by Gasteiger charge is 2.11. The monoisotopic (exact) mass is 345 g/mol. The van der Waals surface area contributed by atoms with Crippen molar-refractivity contribution in [3.8, 4) is 5.69 Å². The van der Waals surface area contributed by atoms with E-state index in [0.717, 1.165) is 23.4 Å². The summed E-state index contributed by atoms with van der Waals surface area (Å²) in [7, 11) is 0. The van der Waals surface area contributed by atoms with E-state index in [0.29, 0.717) is 5.69 Å². The lowest BCUT2D eigenvalue weighted by Crippen LogP contribution is -2.21. The smallest absolute Gasteiger partial charge is 0.0715 e. The Kier molecular flexibility index (Phi) is 5.03. The summed E-state index contributed by atoms with van der Waals surface area (Å²) in [6.07, 6.45) is 2.79. The zero-order valence-electron chi connectivity index (χ0n) is 15.2. The topological polar surface area (TPSA) is 57.4 Å². The summed E-state index contributed by atoms with van der Waals surface area (Å²) >= 11 is 0. The molecule has 0 amide bonds. The van der Waals surface area contributed by atoms with Crippen LogP contribution in [0, 0.1) is 13.8 Å². The number of aryl methyl sites for hydroxylation is 2. The molecule has 0 aliphatic heterocycles. The van der Waals surface area contributed by atoms with E-state index in [-0.39, 0.29) is 5.56 Å². The Morgan fingerprint density at radius 1 is 1.12 bits per heavy atom. The van der Waals surface area contributed by atoms with Gasteiger partial charge in [0, 0.05) is 28.9 Å². The standard InChI is InChI=1S/C22H22N2O2/c1-4-17-7-5-6-8-21(17)24-15(2)13-19(16(24)3)14-23-20-11-9-18(10-12-20)22(25)26/h5-14H,4H2,1-3H3,(H,25,26)/p-1. The van der Waals surface area contributed by atoms with E-state index in [1.807, 2.05) is 6.21 Å². The molecular weight excluding hydrogens is 324 g/mol. The number of hydrogen-bond acceptors (Lipinski definition) is 3. The second-order valence-corrected chi connectivity index (χ2v) is 6.24. The molecule has 4 heteroatoms. The molecule has 0 fully saturated rings. The molecule has 0 N–H and O–H groups in total. The lowest BCUT2D eigenvalue weighted by Gasteiger charge is -2.13. The summed E-state index contributed by atoms with van der Waals surface area (Å²) in [6, 6.07) is 16.9. The van der Waals surface area contributed by atoms with Crippen molar-refractivity contribution in [2.45, 2.75) is 27.2 Å². The van der Waals surface area contributed by atoms with Crippen LogP contribution in [0.1, 0.15) is 39.8 Å². The minimum Gasteiger partial charge on any atom is -0.545 e. The Morgan fingerprint density at radius 3 is 2.46 bits per heavy atom. The highest BCUT2D eigenvalue weighted by Crippen LogP contribution is 2.23. The molecule has 132 valence electrons. The summed E-state index contributed by atoms with van der Waals surface area (Å²) < 4.78 is 2.25. The number of hydrogen-bond donors (Lipinski definition) is 0. The van der Waals surface area contributed by atoms with Gasteiger partial charge in [0.15, 0.2) is 0 Å². The minimum atomic E-state index is -1.18. The zero-order chi connectivity index (χ0) is 18.7. The van der Waals surface area contributed by atoms with Crippen molar-refractivity contribution in [1.29, 1.82) is 0 Å². The summed E-state index contributed by atoms with van der Waals surface area (Å²) in [5, 5.41) is 10.8. The molecule has 0 aliphatic carbocycles. The van der Waals surface area contributed by atoms with Crippen LogP contribution in [0.3, 0.4) is 0 Å². The molecule has 2 aromatic carbocycles. The Hall–Kier alpha value is -3.14. The van der Waals surface area contributed by atoms with Gasteiger partial charge in [0.05, 0.1) is 11.7 Å². The number of benzene rings is 2. The van der Waals surface area contributed by atoms with Crippen LogP contribution < -0.4 is 5.11 Å². The number of aromatic carboxylic acids is 1. The largest absolute Gasteiger partial charge is 0.545 e. The first-order valence-corrected chi connectivity index (χ1v) is 8.64. The second-order valence-electron chi connectivity index (χ2n) is 6.24. The molecule has 0 saturated heterocycles. The van der Waals surface area contributed by atoms with Crippen molar-refractivity contribution in [3.05, 3.63) is 82.7 Å². The third-order valence-electron chi connectivity index (χ3n) is 4.54. The molecule has 0 spiro atoms. The van der Waals surface area contributed by atoms with Gasteiger partial charge >= 0.3 is 0 Å². The molecule has 1 heterocycles. The summed E-state index contributed by atoms with van der Waals surface area (Å²) in [4.78, 5) is 15.3. The first kappa shape index (κ1) is 17.7. The maximum atomic E-state index is 10.8. The minimum absolute atomic E-state index is 0.151. The van der Waals surface area contributed by atoms with Gasteiger partial charge in [-0.2, -0.15) is 0 Å². The highest BCUT2D eigenvalue weighted by molar-refractivity contribution is 5.87. The number of aromatic nitrogens is 1. The van der Waals surface area contributed by atoms with E-state index in [9.17, 15) is 9.90 Å². The van der Waals surface area contributed by atoms with E-state index < -0.39 is 5.97 Å². The number of carboxylic acids is 1. The van der Waals surface area contributed by atoms with E-state index in [2.05, 4.69) is 60.7 Å². The number of aliphatic imine (C=N–C) groups is 1. The SMILES string of the molecule is CCc1ccccc1-n1c(C)cc(C=Nc2ccc(C(=O)[O-])cc2)c1C. The number of nitrogens with zero attached hydrogens (tertiary/aromatic N) is 2. The number of rotatable bonds is 5. The summed E-state index contributed by atoms with van der Waals surface area (Å²) in [5.41, 5.74) is 6.67. The Morgan fingerprint density at radius 2 is 1.81 bits per heavy atom. The normalized spacial score (nSPS) is 11.2. The maximum absolute atomic E-state index is 10.8. The average Bonchev–Trinajstić information content (AvgIpc) is 2.93. The van der Waals surface area contributed by atoms with Crippen LogP contribution in [0.25, 0.3) is 5.69 Å². The van der Waals surface area contributed by atoms with Gasteiger partial charge in [0.25, 0.3) is 0 Å². The van der Waals surface area contributed by atoms with Crippen LogP contribution in [-0.2, 0) is 6.42 Å². The number of carbonyl (C=O) groups excluding carboxylic acids is 1. The van der Waals surface area contributed by atoms with Crippen LogP contribution in [0.5, 0.6) is 0 Å². The first-order chi connectivity index (χ1) is 12.5. The lowest BCUT2D eigenvalue weighted by molar-refractivity contribution is -0.255. The highest BCUT2D eigenvalue weighted by atomic mass is 16.4. The van der Waals surface area contributed by atoms with Crippen molar-refractivity contribution in [3.63, 3.8) is 0 Å². The summed E-state index contributed by atoms with van der Waals surface area (Å²) in [6.45, 7) is 6.33. The Labute approximate surface area is 153 Å². The molecule has 3 rings (SSSR count). The van der Waals surface area contributed by atoms with Crippen LogP contribution in [0.4, 0.5) is 5.69 Å². The van der Waals surface area contributed by atoms with Crippen LogP contribution in [0.15, 0.2) is 59.6 Å². The molecule has 0 radical (unpaired) electrons. The van der Waals surface area contributed by atoms with Crippen molar-refractivity contribution in [2.75, 3.05) is 0 Å². The fourth-order valence-electron chi connectivity index (χ4n) is 3.14. The molecule has 0 atom stereocenters. The van der Waals surface area contributed by atoms with Gasteiger partial charge in [-0.1, -0.05) is 37.3 Å². The molecule has 4 nitrogen and oxygen atoms in total. The van der Waals surface area contributed by atoms with Crippen molar-refractivity contribution in [1.82, 2.24) is 4.57 Å². The van der Waals surface area contributed by atoms with Crippen LogP contribution >= 0.6 is 0 Å². The summed E-state index contributed by atoms with van der Waals surface area (Å²) in [5.74, 6) is -1.18. The van der Waals surface area contributed by atoms with Crippen LogP contribution in [0.2, 0.25) is 0 Å². The van der Waals surface area contributed by atoms with Gasteiger partial charge in [0.2, 0.25) is 0 Å². The third-order valence-corrected chi connectivity index (χ3v) is 4.54. The van der Waals surface area contributed by atoms with Crippen molar-refractivity contribution >= 4 is 17.9 Å². The van der Waals surface area contributed by atoms with E-state index in [1.54, 1.807) is 12.1 Å². The van der Waals surface area contributed by atoms with Gasteiger partial charge in [0.1, 0.15) is 0 Å². The Balaban J connectivity index is 1.94. The molecule has 0 bridgehead atoms. The van der Waals surface area contributed by atoms with Gasteiger partial charge < -0.3 is 14.5 Å². The average molecular weight is 345 g/mol. The Bertz CT molecular complexity index is 966. The molecule has 0 saturated carbocycles. The van der Waals surface area contributed by atoms with Crippen molar-refractivity contribution < 1.29 is 9.90 Å². The van der Waals surface area contributed by atoms with Gasteiger partial charge in [-0.15, -0.1) is 0 Å². The molecule has 3 aromatic rings. The predicted octanol–water partition coefficient (Wildman–Crippen LogP) is 3.77. The number of carboxylic acid groups (broad SMARTS) is 1. The van der Waals surface area contributed by atoms with E-state index >= 15 is 0 Å².